The minimum atomic E-state index is -0.720. The molecule has 0 aliphatic heterocycles. The van der Waals surface area contributed by atoms with Crippen LogP contribution in [0.25, 0.3) is 0 Å². The van der Waals surface area contributed by atoms with Crippen LogP contribution in [0.5, 0.6) is 5.75 Å². The van der Waals surface area contributed by atoms with E-state index in [4.69, 9.17) is 4.74 Å². The molecule has 1 aromatic heterocycles. The van der Waals surface area contributed by atoms with E-state index < -0.39 is 6.10 Å². The summed E-state index contributed by atoms with van der Waals surface area (Å²) in [7, 11) is 1.61. The first kappa shape index (κ1) is 12.6. The molecule has 96 valence electrons. The van der Waals surface area contributed by atoms with Crippen LogP contribution in [0.15, 0.2) is 30.5 Å². The fraction of sp³-hybridized carbons (Fsp3) is 0.357. The van der Waals surface area contributed by atoms with E-state index in [0.717, 1.165) is 23.4 Å². The molecule has 0 saturated heterocycles. The fourth-order valence-electron chi connectivity index (χ4n) is 2.07. The molecular formula is C14H18N2O2. The van der Waals surface area contributed by atoms with Gasteiger partial charge in [-0.25, -0.2) is 0 Å². The monoisotopic (exact) mass is 246 g/mol. The molecule has 1 atom stereocenters. The number of hydrogen-bond donors (Lipinski definition) is 1. The van der Waals surface area contributed by atoms with E-state index in [9.17, 15) is 5.11 Å². The van der Waals surface area contributed by atoms with Crippen LogP contribution < -0.4 is 4.74 Å². The summed E-state index contributed by atoms with van der Waals surface area (Å²) in [6.07, 6.45) is 0.979. The first-order chi connectivity index (χ1) is 8.67. The number of aliphatic hydroxyl groups is 1. The Labute approximate surface area is 107 Å². The van der Waals surface area contributed by atoms with Gasteiger partial charge in [0.1, 0.15) is 11.9 Å². The zero-order chi connectivity index (χ0) is 13.1. The van der Waals surface area contributed by atoms with Crippen LogP contribution in [0, 0.1) is 6.92 Å². The molecule has 2 rings (SSSR count). The first-order valence-electron chi connectivity index (χ1n) is 6.01. The van der Waals surface area contributed by atoms with E-state index in [2.05, 4.69) is 5.10 Å². The Hall–Kier alpha value is -1.81. The molecule has 1 aromatic carbocycles. The predicted octanol–water partition coefficient (Wildman–Crippen LogP) is 2.30. The molecule has 0 radical (unpaired) electrons. The maximum absolute atomic E-state index is 10.5. The number of aliphatic hydroxyl groups excluding tert-OH is 1. The Bertz CT molecular complexity index is 534. The lowest BCUT2D eigenvalue weighted by Crippen LogP contribution is -2.10. The first-order valence-corrected chi connectivity index (χ1v) is 6.01. The van der Waals surface area contributed by atoms with Gasteiger partial charge in [0.15, 0.2) is 0 Å². The molecule has 0 amide bonds. The maximum atomic E-state index is 10.5. The van der Waals surface area contributed by atoms with E-state index in [1.165, 1.54) is 0 Å². The molecule has 0 spiro atoms. The van der Waals surface area contributed by atoms with Gasteiger partial charge in [-0.1, -0.05) is 11.6 Å². The van der Waals surface area contributed by atoms with Gasteiger partial charge in [-0.3, -0.25) is 4.68 Å². The van der Waals surface area contributed by atoms with E-state index in [0.29, 0.717) is 5.75 Å². The van der Waals surface area contributed by atoms with Gasteiger partial charge in [-0.2, -0.15) is 5.10 Å². The molecule has 0 aliphatic carbocycles. The summed E-state index contributed by atoms with van der Waals surface area (Å²) in [4.78, 5) is 0. The lowest BCUT2D eigenvalue weighted by Gasteiger charge is -2.16. The number of benzene rings is 1. The largest absolute Gasteiger partial charge is 0.496 e. The van der Waals surface area contributed by atoms with Crippen molar-refractivity contribution < 1.29 is 9.84 Å². The van der Waals surface area contributed by atoms with Crippen molar-refractivity contribution >= 4 is 0 Å². The van der Waals surface area contributed by atoms with E-state index in [1.807, 2.05) is 38.1 Å². The Balaban J connectivity index is 2.45. The SMILES string of the molecule is CCn1nccc1C(O)c1cc(C)ccc1OC. The number of aromatic nitrogens is 2. The molecule has 18 heavy (non-hydrogen) atoms. The molecule has 0 aliphatic rings. The topological polar surface area (TPSA) is 47.3 Å². The summed E-state index contributed by atoms with van der Waals surface area (Å²) >= 11 is 0. The standard InChI is InChI=1S/C14H18N2O2/c1-4-16-12(7-8-15-16)14(17)11-9-10(2)5-6-13(11)18-3/h5-9,14,17H,4H2,1-3H3. The molecule has 0 fully saturated rings. The summed E-state index contributed by atoms with van der Waals surface area (Å²) in [6, 6.07) is 7.61. The Morgan fingerprint density at radius 3 is 2.83 bits per heavy atom. The zero-order valence-corrected chi connectivity index (χ0v) is 10.9. The second-order valence-corrected chi connectivity index (χ2v) is 4.22. The number of hydrogen-bond acceptors (Lipinski definition) is 3. The van der Waals surface area contributed by atoms with Crippen molar-refractivity contribution in [1.82, 2.24) is 9.78 Å². The second-order valence-electron chi connectivity index (χ2n) is 4.22. The van der Waals surface area contributed by atoms with Gasteiger partial charge >= 0.3 is 0 Å². The van der Waals surface area contributed by atoms with Crippen LogP contribution in [-0.4, -0.2) is 22.0 Å². The molecule has 4 heteroatoms. The highest BCUT2D eigenvalue weighted by molar-refractivity contribution is 5.41. The third-order valence-electron chi connectivity index (χ3n) is 3.01. The van der Waals surface area contributed by atoms with Crippen LogP contribution in [-0.2, 0) is 6.54 Å². The Kier molecular flexibility index (Phi) is 3.67. The van der Waals surface area contributed by atoms with Gasteiger partial charge in [0.25, 0.3) is 0 Å². The highest BCUT2D eigenvalue weighted by atomic mass is 16.5. The molecule has 2 aromatic rings. The van der Waals surface area contributed by atoms with E-state index in [1.54, 1.807) is 18.0 Å². The number of nitrogens with zero attached hydrogens (tertiary/aromatic N) is 2. The quantitative estimate of drug-likeness (QED) is 0.900. The summed E-state index contributed by atoms with van der Waals surface area (Å²) in [5, 5.41) is 14.7. The van der Waals surface area contributed by atoms with Crippen molar-refractivity contribution in [2.24, 2.45) is 0 Å². The Morgan fingerprint density at radius 2 is 2.17 bits per heavy atom. The van der Waals surface area contributed by atoms with Crippen LogP contribution in [0.2, 0.25) is 0 Å². The lowest BCUT2D eigenvalue weighted by atomic mass is 10.0. The predicted molar refractivity (Wildman–Crippen MR) is 69.7 cm³/mol. The summed E-state index contributed by atoms with van der Waals surface area (Å²) in [5.74, 6) is 0.692. The van der Waals surface area contributed by atoms with Crippen molar-refractivity contribution in [1.29, 1.82) is 0 Å². The van der Waals surface area contributed by atoms with Crippen molar-refractivity contribution in [3.8, 4) is 5.75 Å². The number of ether oxygens (including phenoxy) is 1. The average Bonchev–Trinajstić information content (AvgIpc) is 2.86. The number of aryl methyl sites for hydroxylation is 2. The van der Waals surface area contributed by atoms with E-state index >= 15 is 0 Å². The summed E-state index contributed by atoms with van der Waals surface area (Å²) in [6.45, 7) is 4.72. The molecule has 1 N–H and O–H groups in total. The van der Waals surface area contributed by atoms with Crippen LogP contribution >= 0.6 is 0 Å². The molecule has 4 nitrogen and oxygen atoms in total. The average molecular weight is 246 g/mol. The van der Waals surface area contributed by atoms with Gasteiger partial charge in [-0.05, 0) is 32.0 Å². The summed E-state index contributed by atoms with van der Waals surface area (Å²) in [5.41, 5.74) is 2.64. The summed E-state index contributed by atoms with van der Waals surface area (Å²) < 4.78 is 7.09. The second kappa shape index (κ2) is 5.23. The molecule has 0 saturated carbocycles. The zero-order valence-electron chi connectivity index (χ0n) is 10.9. The van der Waals surface area contributed by atoms with E-state index in [-0.39, 0.29) is 0 Å². The third kappa shape index (κ3) is 2.24. The normalized spacial score (nSPS) is 12.4. The minimum absolute atomic E-state index is 0.692. The van der Waals surface area contributed by atoms with Crippen molar-refractivity contribution in [2.75, 3.05) is 7.11 Å². The van der Waals surface area contributed by atoms with Crippen LogP contribution in [0.3, 0.4) is 0 Å². The Morgan fingerprint density at radius 1 is 1.39 bits per heavy atom. The van der Waals surface area contributed by atoms with Crippen LogP contribution in [0.4, 0.5) is 0 Å². The number of methoxy groups -OCH3 is 1. The molecule has 0 bridgehead atoms. The highest BCUT2D eigenvalue weighted by Crippen LogP contribution is 2.30. The highest BCUT2D eigenvalue weighted by Gasteiger charge is 2.18. The van der Waals surface area contributed by atoms with Crippen molar-refractivity contribution in [3.63, 3.8) is 0 Å². The van der Waals surface area contributed by atoms with Gasteiger partial charge in [-0.15, -0.1) is 0 Å². The smallest absolute Gasteiger partial charge is 0.125 e. The van der Waals surface area contributed by atoms with Gasteiger partial charge in [0.2, 0.25) is 0 Å². The minimum Gasteiger partial charge on any atom is -0.496 e. The van der Waals surface area contributed by atoms with Crippen molar-refractivity contribution in [3.05, 3.63) is 47.3 Å². The molecule has 1 heterocycles. The van der Waals surface area contributed by atoms with Crippen molar-refractivity contribution in [2.45, 2.75) is 26.5 Å². The fourth-order valence-corrected chi connectivity index (χ4v) is 2.07. The number of rotatable bonds is 4. The van der Waals surface area contributed by atoms with Gasteiger partial charge in [0, 0.05) is 18.3 Å². The lowest BCUT2D eigenvalue weighted by molar-refractivity contribution is 0.203. The third-order valence-corrected chi connectivity index (χ3v) is 3.01. The molecular weight excluding hydrogens is 228 g/mol. The maximum Gasteiger partial charge on any atom is 0.125 e. The van der Waals surface area contributed by atoms with Crippen LogP contribution in [0.1, 0.15) is 29.8 Å². The van der Waals surface area contributed by atoms with Gasteiger partial charge in [0.05, 0.1) is 12.8 Å². The molecule has 1 unspecified atom stereocenters. The van der Waals surface area contributed by atoms with Gasteiger partial charge < -0.3 is 9.84 Å².